The van der Waals surface area contributed by atoms with E-state index in [-0.39, 0.29) is 5.82 Å². The minimum Gasteiger partial charge on any atom is -0.390 e. The fraction of sp³-hybridized carbons (Fsp3) is 0.615. The molecule has 1 aliphatic heterocycles. The van der Waals surface area contributed by atoms with Gasteiger partial charge in [-0.15, -0.1) is 0 Å². The molecule has 2 heterocycles. The molecule has 0 saturated carbocycles. The molecule has 1 atom stereocenters. The molecule has 0 aromatic carbocycles. The van der Waals surface area contributed by atoms with Gasteiger partial charge >= 0.3 is 0 Å². The van der Waals surface area contributed by atoms with Gasteiger partial charge in [0.05, 0.1) is 11.8 Å². The van der Waals surface area contributed by atoms with E-state index in [9.17, 15) is 9.50 Å². The lowest BCUT2D eigenvalue weighted by atomic mass is 9.98. The first-order valence-corrected chi connectivity index (χ1v) is 6.09. The van der Waals surface area contributed by atoms with Gasteiger partial charge in [-0.05, 0) is 44.4 Å². The number of pyridine rings is 1. The molecule has 0 spiro atoms. The summed E-state index contributed by atoms with van der Waals surface area (Å²) in [6.45, 7) is 4.40. The van der Waals surface area contributed by atoms with E-state index in [1.54, 1.807) is 6.20 Å². The fourth-order valence-electron chi connectivity index (χ4n) is 2.28. The van der Waals surface area contributed by atoms with Gasteiger partial charge in [0.15, 0.2) is 0 Å². The number of halogens is 1. The Bertz CT molecular complexity index is 381. The van der Waals surface area contributed by atoms with Crippen LogP contribution in [0, 0.1) is 5.82 Å². The maximum absolute atomic E-state index is 13.0. The first-order valence-electron chi connectivity index (χ1n) is 6.09. The van der Waals surface area contributed by atoms with E-state index in [4.69, 9.17) is 0 Å². The molecule has 1 saturated heterocycles. The van der Waals surface area contributed by atoms with Crippen molar-refractivity contribution in [3.05, 3.63) is 29.8 Å². The molecule has 1 fully saturated rings. The van der Waals surface area contributed by atoms with Gasteiger partial charge in [0, 0.05) is 19.3 Å². The van der Waals surface area contributed by atoms with Crippen molar-refractivity contribution in [2.45, 2.75) is 38.3 Å². The Morgan fingerprint density at radius 1 is 1.41 bits per heavy atom. The van der Waals surface area contributed by atoms with Gasteiger partial charge in [-0.25, -0.2) is 4.39 Å². The van der Waals surface area contributed by atoms with E-state index in [1.807, 2.05) is 6.92 Å². The zero-order valence-electron chi connectivity index (χ0n) is 10.2. The minimum atomic E-state index is -0.547. The molecular weight excluding hydrogens is 219 g/mol. The molecule has 0 aliphatic carbocycles. The first-order chi connectivity index (χ1) is 8.05. The third kappa shape index (κ3) is 3.75. The van der Waals surface area contributed by atoms with Crippen LogP contribution in [0.1, 0.15) is 31.7 Å². The highest BCUT2D eigenvalue weighted by Crippen LogP contribution is 2.22. The summed E-state index contributed by atoms with van der Waals surface area (Å²) < 4.78 is 13.0. The topological polar surface area (TPSA) is 36.4 Å². The molecule has 0 bridgehead atoms. The summed E-state index contributed by atoms with van der Waals surface area (Å²) in [5, 5.41) is 9.98. The van der Waals surface area contributed by atoms with Crippen molar-refractivity contribution in [3.63, 3.8) is 0 Å². The monoisotopic (exact) mass is 238 g/mol. The summed E-state index contributed by atoms with van der Waals surface area (Å²) in [5.41, 5.74) is 0.348. The highest BCUT2D eigenvalue weighted by molar-refractivity contribution is 5.10. The van der Waals surface area contributed by atoms with Crippen molar-refractivity contribution in [1.82, 2.24) is 9.88 Å². The SMILES string of the molecule is CC1(O)CCCN(Cc2cncc(F)c2)CC1. The molecule has 1 aromatic heterocycles. The summed E-state index contributed by atoms with van der Waals surface area (Å²) >= 11 is 0. The van der Waals surface area contributed by atoms with Crippen molar-refractivity contribution >= 4 is 0 Å². The van der Waals surface area contributed by atoms with E-state index in [2.05, 4.69) is 9.88 Å². The van der Waals surface area contributed by atoms with Gasteiger partial charge in [0.25, 0.3) is 0 Å². The Kier molecular flexibility index (Phi) is 3.74. The molecule has 0 radical (unpaired) electrons. The lowest BCUT2D eigenvalue weighted by molar-refractivity contribution is 0.0444. The zero-order chi connectivity index (χ0) is 12.3. The summed E-state index contributed by atoms with van der Waals surface area (Å²) in [6.07, 6.45) is 5.51. The van der Waals surface area contributed by atoms with Gasteiger partial charge in [0.1, 0.15) is 5.82 Å². The van der Waals surface area contributed by atoms with Crippen LogP contribution >= 0.6 is 0 Å². The van der Waals surface area contributed by atoms with Crippen LogP contribution < -0.4 is 0 Å². The van der Waals surface area contributed by atoms with Crippen LogP contribution in [0.5, 0.6) is 0 Å². The Morgan fingerprint density at radius 3 is 3.00 bits per heavy atom. The van der Waals surface area contributed by atoms with Crippen LogP contribution in [0.4, 0.5) is 4.39 Å². The van der Waals surface area contributed by atoms with Gasteiger partial charge in [-0.1, -0.05) is 0 Å². The summed E-state index contributed by atoms with van der Waals surface area (Å²) in [7, 11) is 0. The second kappa shape index (κ2) is 5.10. The van der Waals surface area contributed by atoms with Crippen LogP contribution in [0.15, 0.2) is 18.5 Å². The molecular formula is C13H19FN2O. The van der Waals surface area contributed by atoms with Gasteiger partial charge in [-0.2, -0.15) is 0 Å². The molecule has 94 valence electrons. The van der Waals surface area contributed by atoms with Crippen molar-refractivity contribution in [2.75, 3.05) is 13.1 Å². The predicted molar refractivity (Wildman–Crippen MR) is 63.9 cm³/mol. The lowest BCUT2D eigenvalue weighted by Crippen LogP contribution is -2.28. The van der Waals surface area contributed by atoms with Crippen molar-refractivity contribution in [2.24, 2.45) is 0 Å². The Balaban J connectivity index is 1.95. The largest absolute Gasteiger partial charge is 0.390 e. The second-order valence-electron chi connectivity index (χ2n) is 5.14. The average molecular weight is 238 g/mol. The molecule has 1 aliphatic rings. The predicted octanol–water partition coefficient (Wildman–Crippen LogP) is 1.96. The first kappa shape index (κ1) is 12.5. The number of aliphatic hydroxyl groups is 1. The van der Waals surface area contributed by atoms with Crippen LogP contribution in [0.2, 0.25) is 0 Å². The van der Waals surface area contributed by atoms with E-state index < -0.39 is 5.60 Å². The number of nitrogens with zero attached hydrogens (tertiary/aromatic N) is 2. The third-order valence-corrected chi connectivity index (χ3v) is 3.32. The van der Waals surface area contributed by atoms with Crippen LogP contribution in [-0.2, 0) is 6.54 Å². The van der Waals surface area contributed by atoms with Crippen LogP contribution in [-0.4, -0.2) is 33.7 Å². The smallest absolute Gasteiger partial charge is 0.141 e. The Hall–Kier alpha value is -1.00. The van der Waals surface area contributed by atoms with E-state index in [0.717, 1.165) is 37.9 Å². The maximum atomic E-state index is 13.0. The number of aromatic nitrogens is 1. The van der Waals surface area contributed by atoms with Gasteiger partial charge < -0.3 is 5.11 Å². The number of hydrogen-bond acceptors (Lipinski definition) is 3. The molecule has 17 heavy (non-hydrogen) atoms. The highest BCUT2D eigenvalue weighted by Gasteiger charge is 2.24. The quantitative estimate of drug-likeness (QED) is 0.855. The second-order valence-corrected chi connectivity index (χ2v) is 5.14. The summed E-state index contributed by atoms with van der Waals surface area (Å²) in [6, 6.07) is 1.52. The maximum Gasteiger partial charge on any atom is 0.141 e. The molecule has 1 aromatic rings. The van der Waals surface area contributed by atoms with E-state index >= 15 is 0 Å². The molecule has 1 N–H and O–H groups in total. The van der Waals surface area contributed by atoms with Crippen molar-refractivity contribution < 1.29 is 9.50 Å². The van der Waals surface area contributed by atoms with Gasteiger partial charge in [-0.3, -0.25) is 9.88 Å². The van der Waals surface area contributed by atoms with Crippen molar-refractivity contribution in [1.29, 1.82) is 0 Å². The van der Waals surface area contributed by atoms with E-state index in [0.29, 0.717) is 6.54 Å². The number of likely N-dealkylation sites (tertiary alicyclic amines) is 1. The summed E-state index contributed by atoms with van der Waals surface area (Å²) in [4.78, 5) is 6.10. The van der Waals surface area contributed by atoms with Crippen LogP contribution in [0.25, 0.3) is 0 Å². The lowest BCUT2D eigenvalue weighted by Gasteiger charge is -2.22. The molecule has 4 heteroatoms. The Labute approximate surface area is 101 Å². The Morgan fingerprint density at radius 2 is 2.24 bits per heavy atom. The molecule has 2 rings (SSSR count). The normalized spacial score (nSPS) is 26.8. The number of hydrogen-bond donors (Lipinski definition) is 1. The highest BCUT2D eigenvalue weighted by atomic mass is 19.1. The van der Waals surface area contributed by atoms with Gasteiger partial charge in [0.2, 0.25) is 0 Å². The zero-order valence-corrected chi connectivity index (χ0v) is 10.2. The standard InChI is InChI=1S/C13H19FN2O/c1-13(17)3-2-5-16(6-4-13)10-11-7-12(14)9-15-8-11/h7-9,17H,2-6,10H2,1H3. The average Bonchev–Trinajstić information content (AvgIpc) is 2.41. The van der Waals surface area contributed by atoms with Crippen molar-refractivity contribution in [3.8, 4) is 0 Å². The minimum absolute atomic E-state index is 0.288. The molecule has 0 amide bonds. The number of rotatable bonds is 2. The van der Waals surface area contributed by atoms with E-state index in [1.165, 1.54) is 12.3 Å². The molecule has 1 unspecified atom stereocenters. The molecule has 3 nitrogen and oxygen atoms in total. The fourth-order valence-corrected chi connectivity index (χ4v) is 2.28. The van der Waals surface area contributed by atoms with Crippen LogP contribution in [0.3, 0.4) is 0 Å². The third-order valence-electron chi connectivity index (χ3n) is 3.32. The summed E-state index contributed by atoms with van der Waals surface area (Å²) in [5.74, 6) is -0.288.